The summed E-state index contributed by atoms with van der Waals surface area (Å²) in [6.07, 6.45) is 0.761. The maximum absolute atomic E-state index is 13.2. The first-order chi connectivity index (χ1) is 14.0. The summed E-state index contributed by atoms with van der Waals surface area (Å²) in [5.41, 5.74) is 0.810. The third kappa shape index (κ3) is 4.76. The molecule has 0 saturated carbocycles. The minimum Gasteiger partial charge on any atom is -0.493 e. The summed E-state index contributed by atoms with van der Waals surface area (Å²) in [5, 5.41) is 0. The third-order valence-corrected chi connectivity index (χ3v) is 6.51. The minimum atomic E-state index is -3.71. The number of fused-ring (bicyclic) bond motifs is 1. The van der Waals surface area contributed by atoms with E-state index >= 15 is 0 Å². The lowest BCUT2D eigenvalue weighted by Gasteiger charge is -2.22. The van der Waals surface area contributed by atoms with Crippen molar-refractivity contribution < 1.29 is 27.4 Å². The SMILES string of the molecule is CCOc1ccc(CN(CC)S(=O)(=O)c2ccc3c(c2)OCCCO3)cc1OC. The Bertz CT molecular complexity index is 944. The summed E-state index contributed by atoms with van der Waals surface area (Å²) in [5.74, 6) is 2.24. The van der Waals surface area contributed by atoms with Gasteiger partial charge in [0.05, 0.1) is 31.8 Å². The van der Waals surface area contributed by atoms with Gasteiger partial charge >= 0.3 is 0 Å². The van der Waals surface area contributed by atoms with E-state index in [4.69, 9.17) is 18.9 Å². The summed E-state index contributed by atoms with van der Waals surface area (Å²) >= 11 is 0. The monoisotopic (exact) mass is 421 g/mol. The third-order valence-electron chi connectivity index (χ3n) is 4.60. The van der Waals surface area contributed by atoms with Crippen molar-refractivity contribution in [2.24, 2.45) is 0 Å². The maximum Gasteiger partial charge on any atom is 0.243 e. The molecule has 0 aromatic heterocycles. The van der Waals surface area contributed by atoms with Gasteiger partial charge in [-0.25, -0.2) is 8.42 Å². The van der Waals surface area contributed by atoms with E-state index in [1.165, 1.54) is 10.4 Å². The summed E-state index contributed by atoms with van der Waals surface area (Å²) in [6.45, 7) is 5.83. The van der Waals surface area contributed by atoms with E-state index in [2.05, 4.69) is 0 Å². The highest BCUT2D eigenvalue weighted by atomic mass is 32.2. The van der Waals surface area contributed by atoms with E-state index in [-0.39, 0.29) is 11.4 Å². The summed E-state index contributed by atoms with van der Waals surface area (Å²) in [4.78, 5) is 0.182. The number of sulfonamides is 1. The topological polar surface area (TPSA) is 74.3 Å². The van der Waals surface area contributed by atoms with Gasteiger partial charge in [0, 0.05) is 25.6 Å². The highest BCUT2D eigenvalue weighted by Crippen LogP contribution is 2.34. The highest BCUT2D eigenvalue weighted by molar-refractivity contribution is 7.89. The largest absolute Gasteiger partial charge is 0.493 e. The van der Waals surface area contributed by atoms with Crippen LogP contribution in [0.5, 0.6) is 23.0 Å². The van der Waals surface area contributed by atoms with Crippen LogP contribution in [0.15, 0.2) is 41.3 Å². The number of rotatable bonds is 8. The molecule has 1 aliphatic rings. The first-order valence-electron chi connectivity index (χ1n) is 9.69. The smallest absolute Gasteiger partial charge is 0.243 e. The Morgan fingerprint density at radius 1 is 1.00 bits per heavy atom. The van der Waals surface area contributed by atoms with Crippen molar-refractivity contribution in [2.45, 2.75) is 31.7 Å². The zero-order valence-electron chi connectivity index (χ0n) is 17.0. The maximum atomic E-state index is 13.2. The van der Waals surface area contributed by atoms with Crippen LogP contribution in [0.3, 0.4) is 0 Å². The molecule has 0 unspecified atom stereocenters. The molecule has 1 aliphatic heterocycles. The molecule has 2 aromatic rings. The molecule has 1 heterocycles. The van der Waals surface area contributed by atoms with Crippen LogP contribution in [0.1, 0.15) is 25.8 Å². The van der Waals surface area contributed by atoms with Gasteiger partial charge in [0.2, 0.25) is 10.0 Å². The number of hydrogen-bond acceptors (Lipinski definition) is 6. The summed E-state index contributed by atoms with van der Waals surface area (Å²) in [7, 11) is -2.15. The van der Waals surface area contributed by atoms with Crippen LogP contribution < -0.4 is 18.9 Å². The van der Waals surface area contributed by atoms with Crippen LogP contribution in [-0.2, 0) is 16.6 Å². The molecule has 0 radical (unpaired) electrons. The Kier molecular flexibility index (Phi) is 6.87. The van der Waals surface area contributed by atoms with Crippen molar-refractivity contribution in [2.75, 3.05) is 33.5 Å². The molecular formula is C21H27NO6S. The van der Waals surface area contributed by atoms with Gasteiger partial charge in [-0.2, -0.15) is 4.31 Å². The lowest BCUT2D eigenvalue weighted by Crippen LogP contribution is -2.30. The van der Waals surface area contributed by atoms with Crippen molar-refractivity contribution >= 4 is 10.0 Å². The average molecular weight is 422 g/mol. The molecule has 0 amide bonds. The second-order valence-corrected chi connectivity index (χ2v) is 8.45. The number of benzene rings is 2. The molecule has 7 nitrogen and oxygen atoms in total. The van der Waals surface area contributed by atoms with Crippen molar-refractivity contribution in [1.82, 2.24) is 4.31 Å². The molecule has 0 fully saturated rings. The molecule has 0 saturated heterocycles. The molecule has 0 spiro atoms. The Morgan fingerprint density at radius 3 is 2.45 bits per heavy atom. The Hall–Kier alpha value is -2.45. The number of hydrogen-bond donors (Lipinski definition) is 0. The standard InChI is InChI=1S/C21H27NO6S/c1-4-22(15-16-7-9-18(26-5-2)20(13-16)25-3)29(23,24)17-8-10-19-21(14-17)28-12-6-11-27-19/h7-10,13-14H,4-6,11-12,15H2,1-3H3. The average Bonchev–Trinajstić information content (AvgIpc) is 2.97. The predicted molar refractivity (Wildman–Crippen MR) is 109 cm³/mol. The zero-order chi connectivity index (χ0) is 20.9. The molecule has 158 valence electrons. The van der Waals surface area contributed by atoms with Crippen LogP contribution in [0.25, 0.3) is 0 Å². The molecule has 2 aromatic carbocycles. The summed E-state index contributed by atoms with van der Waals surface area (Å²) < 4.78 is 50.0. The minimum absolute atomic E-state index is 0.182. The van der Waals surface area contributed by atoms with Crippen LogP contribution in [0.4, 0.5) is 0 Å². The molecule has 0 N–H and O–H groups in total. The molecule has 29 heavy (non-hydrogen) atoms. The Morgan fingerprint density at radius 2 is 1.76 bits per heavy atom. The van der Waals surface area contributed by atoms with E-state index in [0.29, 0.717) is 49.4 Å². The van der Waals surface area contributed by atoms with Gasteiger partial charge in [-0.05, 0) is 36.8 Å². The van der Waals surface area contributed by atoms with Gasteiger partial charge in [-0.1, -0.05) is 13.0 Å². The first-order valence-corrected chi connectivity index (χ1v) is 11.1. The first kappa shape index (κ1) is 21.3. The van der Waals surface area contributed by atoms with Gasteiger partial charge < -0.3 is 18.9 Å². The molecule has 0 atom stereocenters. The predicted octanol–water partition coefficient (Wildman–Crippen LogP) is 3.47. The fourth-order valence-electron chi connectivity index (χ4n) is 3.11. The second-order valence-electron chi connectivity index (χ2n) is 6.51. The van der Waals surface area contributed by atoms with Gasteiger partial charge in [-0.3, -0.25) is 0 Å². The van der Waals surface area contributed by atoms with E-state index in [1.54, 1.807) is 31.4 Å². The van der Waals surface area contributed by atoms with E-state index < -0.39 is 10.0 Å². The lowest BCUT2D eigenvalue weighted by atomic mass is 10.2. The number of nitrogens with zero attached hydrogens (tertiary/aromatic N) is 1. The Balaban J connectivity index is 1.86. The van der Waals surface area contributed by atoms with Crippen LogP contribution in [0.2, 0.25) is 0 Å². The molecular weight excluding hydrogens is 394 g/mol. The lowest BCUT2D eigenvalue weighted by molar-refractivity contribution is 0.296. The molecule has 0 bridgehead atoms. The van der Waals surface area contributed by atoms with Crippen LogP contribution >= 0.6 is 0 Å². The fourth-order valence-corrected chi connectivity index (χ4v) is 4.56. The Labute approximate surface area is 172 Å². The van der Waals surface area contributed by atoms with Crippen LogP contribution in [0, 0.1) is 0 Å². The highest BCUT2D eigenvalue weighted by Gasteiger charge is 2.25. The van der Waals surface area contributed by atoms with Gasteiger partial charge in [-0.15, -0.1) is 0 Å². The van der Waals surface area contributed by atoms with Crippen molar-refractivity contribution in [3.63, 3.8) is 0 Å². The fraction of sp³-hybridized carbons (Fsp3) is 0.429. The molecule has 8 heteroatoms. The second kappa shape index (κ2) is 9.37. The van der Waals surface area contributed by atoms with Crippen LogP contribution in [-0.4, -0.2) is 46.2 Å². The van der Waals surface area contributed by atoms with E-state index in [0.717, 1.165) is 12.0 Å². The van der Waals surface area contributed by atoms with Gasteiger partial charge in [0.15, 0.2) is 23.0 Å². The normalized spacial score (nSPS) is 13.8. The quantitative estimate of drug-likeness (QED) is 0.650. The zero-order valence-corrected chi connectivity index (χ0v) is 17.8. The summed E-state index contributed by atoms with van der Waals surface area (Å²) in [6, 6.07) is 10.2. The van der Waals surface area contributed by atoms with E-state index in [1.807, 2.05) is 19.9 Å². The van der Waals surface area contributed by atoms with E-state index in [9.17, 15) is 8.42 Å². The molecule has 0 aliphatic carbocycles. The van der Waals surface area contributed by atoms with Crippen molar-refractivity contribution in [3.05, 3.63) is 42.0 Å². The molecule has 3 rings (SSSR count). The number of methoxy groups -OCH3 is 1. The van der Waals surface area contributed by atoms with Gasteiger partial charge in [0.25, 0.3) is 0 Å². The van der Waals surface area contributed by atoms with Crippen molar-refractivity contribution in [3.8, 4) is 23.0 Å². The number of ether oxygens (including phenoxy) is 4. The van der Waals surface area contributed by atoms with Crippen molar-refractivity contribution in [1.29, 1.82) is 0 Å². The van der Waals surface area contributed by atoms with Gasteiger partial charge in [0.1, 0.15) is 0 Å².